The largest absolute Gasteiger partial charge is 0.325 e. The Hall–Kier alpha value is -2.72. The number of nitrogens with zero attached hydrogens (tertiary/aromatic N) is 3. The van der Waals surface area contributed by atoms with Crippen molar-refractivity contribution in [2.45, 2.75) is 16.6 Å². The molecule has 10 heteroatoms. The second-order valence-corrected chi connectivity index (χ2v) is 8.53. The molecule has 0 saturated heterocycles. The highest BCUT2D eigenvalue weighted by Gasteiger charge is 2.12. The quantitative estimate of drug-likeness (QED) is 0.507. The van der Waals surface area contributed by atoms with Crippen LogP contribution < -0.4 is 10.9 Å². The van der Waals surface area contributed by atoms with E-state index >= 15 is 0 Å². The zero-order chi connectivity index (χ0) is 19.6. The van der Waals surface area contributed by atoms with Gasteiger partial charge in [-0.1, -0.05) is 11.8 Å². The van der Waals surface area contributed by atoms with Crippen LogP contribution in [0.4, 0.5) is 5.69 Å². The number of carbonyl (C=O) groups excluding carboxylic acids is 1. The first kappa shape index (κ1) is 19.1. The molecule has 0 fully saturated rings. The minimum absolute atomic E-state index is 0.159. The number of pyridine rings is 1. The maximum Gasteiger partial charge on any atom is 0.252 e. The molecule has 8 nitrogen and oxygen atoms in total. The monoisotopic (exact) mass is 404 g/mol. The van der Waals surface area contributed by atoms with Crippen molar-refractivity contribution in [3.8, 4) is 0 Å². The Labute approximate surface area is 159 Å². The van der Waals surface area contributed by atoms with Crippen LogP contribution in [0, 0.1) is 0 Å². The lowest BCUT2D eigenvalue weighted by molar-refractivity contribution is -0.116. The summed E-state index contributed by atoms with van der Waals surface area (Å²) in [5.74, 6) is -0.430. The average Bonchev–Trinajstić information content (AvgIpc) is 2.63. The smallest absolute Gasteiger partial charge is 0.252 e. The van der Waals surface area contributed by atoms with E-state index in [2.05, 4.69) is 15.3 Å². The SMILES string of the molecule is CSc1ncc2ccc(=O)n(CC(=O)Nc3ccc(S(C)(=O)=O)cc3)c2n1. The number of benzene rings is 1. The lowest BCUT2D eigenvalue weighted by Gasteiger charge is -2.10. The van der Waals surface area contributed by atoms with Crippen LogP contribution in [0.5, 0.6) is 0 Å². The van der Waals surface area contributed by atoms with Gasteiger partial charge in [0.2, 0.25) is 5.91 Å². The predicted molar refractivity (Wildman–Crippen MR) is 104 cm³/mol. The third-order valence-electron chi connectivity index (χ3n) is 3.75. The van der Waals surface area contributed by atoms with Gasteiger partial charge in [-0.3, -0.25) is 14.2 Å². The average molecular weight is 404 g/mol. The number of thioether (sulfide) groups is 1. The van der Waals surface area contributed by atoms with Gasteiger partial charge in [0.1, 0.15) is 12.2 Å². The van der Waals surface area contributed by atoms with Crippen molar-refractivity contribution in [2.24, 2.45) is 0 Å². The normalized spacial score (nSPS) is 11.5. The Morgan fingerprint density at radius 2 is 1.89 bits per heavy atom. The van der Waals surface area contributed by atoms with Gasteiger partial charge in [-0.2, -0.15) is 0 Å². The fourth-order valence-corrected chi connectivity index (χ4v) is 3.40. The lowest BCUT2D eigenvalue weighted by Crippen LogP contribution is -2.28. The van der Waals surface area contributed by atoms with E-state index in [0.29, 0.717) is 21.9 Å². The number of anilines is 1. The number of carbonyl (C=O) groups is 1. The molecule has 0 aliphatic rings. The van der Waals surface area contributed by atoms with Crippen molar-refractivity contribution in [3.05, 3.63) is 52.9 Å². The molecular weight excluding hydrogens is 388 g/mol. The van der Waals surface area contributed by atoms with Gasteiger partial charge in [0.15, 0.2) is 15.0 Å². The van der Waals surface area contributed by atoms with E-state index in [1.54, 1.807) is 12.3 Å². The summed E-state index contributed by atoms with van der Waals surface area (Å²) in [6.45, 7) is -0.227. The molecule has 0 radical (unpaired) electrons. The minimum atomic E-state index is -3.31. The molecule has 0 bridgehead atoms. The number of fused-ring (bicyclic) bond motifs is 1. The number of hydrogen-bond acceptors (Lipinski definition) is 7. The van der Waals surface area contributed by atoms with Crippen molar-refractivity contribution in [1.82, 2.24) is 14.5 Å². The number of sulfone groups is 1. The van der Waals surface area contributed by atoms with E-state index < -0.39 is 15.7 Å². The standard InChI is InChI=1S/C17H16N4O4S2/c1-26-17-18-9-11-3-8-15(23)21(16(11)20-17)10-14(22)19-12-4-6-13(7-5-12)27(2,24)25/h3-9H,10H2,1-2H3,(H,19,22). The molecule has 27 heavy (non-hydrogen) atoms. The summed E-state index contributed by atoms with van der Waals surface area (Å²) in [4.78, 5) is 33.2. The van der Waals surface area contributed by atoms with Crippen molar-refractivity contribution < 1.29 is 13.2 Å². The third-order valence-corrected chi connectivity index (χ3v) is 5.44. The highest BCUT2D eigenvalue weighted by molar-refractivity contribution is 7.98. The summed E-state index contributed by atoms with van der Waals surface area (Å²) in [6, 6.07) is 8.78. The lowest BCUT2D eigenvalue weighted by atomic mass is 10.3. The molecule has 0 spiro atoms. The van der Waals surface area contributed by atoms with Crippen LogP contribution in [0.1, 0.15) is 0 Å². The molecule has 2 aromatic heterocycles. The molecule has 0 aliphatic heterocycles. The Kier molecular flexibility index (Phi) is 5.29. The molecule has 0 saturated carbocycles. The number of nitrogens with one attached hydrogen (secondary N) is 1. The summed E-state index contributed by atoms with van der Waals surface area (Å²) in [6.07, 6.45) is 4.53. The minimum Gasteiger partial charge on any atom is -0.325 e. The maximum absolute atomic E-state index is 12.4. The molecule has 1 aromatic carbocycles. The number of hydrogen-bond donors (Lipinski definition) is 1. The summed E-state index contributed by atoms with van der Waals surface area (Å²) >= 11 is 1.34. The molecule has 2 heterocycles. The Balaban J connectivity index is 1.86. The molecule has 1 N–H and O–H groups in total. The summed E-state index contributed by atoms with van der Waals surface area (Å²) in [7, 11) is -3.31. The van der Waals surface area contributed by atoms with Crippen LogP contribution in [-0.2, 0) is 21.2 Å². The van der Waals surface area contributed by atoms with Gasteiger partial charge >= 0.3 is 0 Å². The van der Waals surface area contributed by atoms with E-state index in [1.807, 2.05) is 6.26 Å². The molecule has 3 rings (SSSR count). The van der Waals surface area contributed by atoms with E-state index in [4.69, 9.17) is 0 Å². The van der Waals surface area contributed by atoms with Crippen molar-refractivity contribution in [2.75, 3.05) is 17.8 Å². The van der Waals surface area contributed by atoms with Gasteiger partial charge in [-0.15, -0.1) is 0 Å². The molecule has 0 atom stereocenters. The van der Waals surface area contributed by atoms with Crippen molar-refractivity contribution in [3.63, 3.8) is 0 Å². The van der Waals surface area contributed by atoms with Crippen LogP contribution >= 0.6 is 11.8 Å². The van der Waals surface area contributed by atoms with Crippen LogP contribution in [0.15, 0.2) is 57.4 Å². The highest BCUT2D eigenvalue weighted by atomic mass is 32.2. The third kappa shape index (κ3) is 4.34. The second-order valence-electron chi connectivity index (χ2n) is 5.74. The fourth-order valence-electron chi connectivity index (χ4n) is 2.44. The summed E-state index contributed by atoms with van der Waals surface area (Å²) in [5, 5.41) is 3.80. The predicted octanol–water partition coefficient (Wildman–Crippen LogP) is 1.56. The van der Waals surface area contributed by atoms with E-state index in [-0.39, 0.29) is 17.0 Å². The zero-order valence-electron chi connectivity index (χ0n) is 14.5. The Morgan fingerprint density at radius 3 is 2.52 bits per heavy atom. The molecule has 0 aliphatic carbocycles. The topological polar surface area (TPSA) is 111 Å². The first-order valence-electron chi connectivity index (χ1n) is 7.78. The first-order valence-corrected chi connectivity index (χ1v) is 10.9. The van der Waals surface area contributed by atoms with Crippen LogP contribution in [-0.4, -0.2) is 41.4 Å². The van der Waals surface area contributed by atoms with Crippen LogP contribution in [0.2, 0.25) is 0 Å². The fraction of sp³-hybridized carbons (Fsp3) is 0.176. The Morgan fingerprint density at radius 1 is 1.19 bits per heavy atom. The summed E-state index contributed by atoms with van der Waals surface area (Å²) < 4.78 is 24.2. The van der Waals surface area contributed by atoms with Gasteiger partial charge in [0.25, 0.3) is 5.56 Å². The molecule has 1 amide bonds. The van der Waals surface area contributed by atoms with Gasteiger partial charge in [0.05, 0.1) is 4.90 Å². The number of aromatic nitrogens is 3. The van der Waals surface area contributed by atoms with Gasteiger partial charge < -0.3 is 5.32 Å². The number of amides is 1. The van der Waals surface area contributed by atoms with Gasteiger partial charge in [-0.05, 0) is 36.6 Å². The highest BCUT2D eigenvalue weighted by Crippen LogP contribution is 2.15. The van der Waals surface area contributed by atoms with Crippen molar-refractivity contribution >= 4 is 44.2 Å². The Bertz CT molecular complexity index is 1170. The maximum atomic E-state index is 12.4. The van der Waals surface area contributed by atoms with Crippen molar-refractivity contribution in [1.29, 1.82) is 0 Å². The molecule has 0 unspecified atom stereocenters. The molecule has 140 valence electrons. The number of rotatable bonds is 5. The molecule has 3 aromatic rings. The van der Waals surface area contributed by atoms with Gasteiger partial charge in [0, 0.05) is 29.6 Å². The first-order chi connectivity index (χ1) is 12.8. The van der Waals surface area contributed by atoms with Gasteiger partial charge in [-0.25, -0.2) is 18.4 Å². The summed E-state index contributed by atoms with van der Waals surface area (Å²) in [5.41, 5.74) is 0.459. The van der Waals surface area contributed by atoms with E-state index in [1.165, 1.54) is 46.7 Å². The van der Waals surface area contributed by atoms with E-state index in [9.17, 15) is 18.0 Å². The van der Waals surface area contributed by atoms with E-state index in [0.717, 1.165) is 6.26 Å². The second kappa shape index (κ2) is 7.49. The molecular formula is C17H16N4O4S2. The van der Waals surface area contributed by atoms with Crippen LogP contribution in [0.3, 0.4) is 0 Å². The van der Waals surface area contributed by atoms with Crippen LogP contribution in [0.25, 0.3) is 11.0 Å². The zero-order valence-corrected chi connectivity index (χ0v) is 16.2.